The minimum absolute atomic E-state index is 0.275. The molecule has 1 saturated heterocycles. The summed E-state index contributed by atoms with van der Waals surface area (Å²) in [5, 5.41) is 7.79. The van der Waals surface area contributed by atoms with Crippen LogP contribution in [0.5, 0.6) is 0 Å². The van der Waals surface area contributed by atoms with Crippen molar-refractivity contribution in [1.29, 1.82) is 0 Å². The number of nitrogens with zero attached hydrogens (tertiary/aromatic N) is 1. The number of nitrogens with one attached hydrogen (secondary N) is 2. The van der Waals surface area contributed by atoms with Crippen LogP contribution in [-0.2, 0) is 4.74 Å². The topological polar surface area (TPSA) is 45.7 Å². The van der Waals surface area contributed by atoms with Crippen LogP contribution >= 0.6 is 12.2 Å². The van der Waals surface area contributed by atoms with E-state index in [0.29, 0.717) is 11.0 Å². The van der Waals surface area contributed by atoms with Crippen molar-refractivity contribution in [2.45, 2.75) is 38.7 Å². The van der Waals surface area contributed by atoms with Gasteiger partial charge in [0.2, 0.25) is 0 Å². The van der Waals surface area contributed by atoms with E-state index in [1.807, 2.05) is 0 Å². The quantitative estimate of drug-likeness (QED) is 0.499. The van der Waals surface area contributed by atoms with Gasteiger partial charge in [0.1, 0.15) is 0 Å². The molecule has 0 aromatic heterocycles. The molecule has 1 heterocycles. The highest BCUT2D eigenvalue weighted by Crippen LogP contribution is 2.13. The lowest BCUT2D eigenvalue weighted by Gasteiger charge is -2.11. The van der Waals surface area contributed by atoms with E-state index in [2.05, 4.69) is 54.0 Å². The molecule has 2 N–H and O–H groups in total. The Morgan fingerprint density at radius 2 is 2.19 bits per heavy atom. The molecule has 0 amide bonds. The second-order valence-electron chi connectivity index (χ2n) is 5.54. The van der Waals surface area contributed by atoms with Crippen LogP contribution in [0.1, 0.15) is 43.7 Å². The van der Waals surface area contributed by atoms with E-state index in [1.165, 1.54) is 5.56 Å². The lowest BCUT2D eigenvalue weighted by molar-refractivity contribution is 0.114. The van der Waals surface area contributed by atoms with Crippen molar-refractivity contribution < 1.29 is 4.74 Å². The summed E-state index contributed by atoms with van der Waals surface area (Å²) < 4.78 is 5.52. The second-order valence-corrected chi connectivity index (χ2v) is 5.94. The van der Waals surface area contributed by atoms with Crippen LogP contribution in [0.3, 0.4) is 0 Å². The van der Waals surface area contributed by atoms with Crippen molar-refractivity contribution in [1.82, 2.24) is 10.7 Å². The maximum atomic E-state index is 5.52. The van der Waals surface area contributed by atoms with Crippen LogP contribution < -0.4 is 10.7 Å². The molecule has 4 nitrogen and oxygen atoms in total. The molecule has 5 heteroatoms. The zero-order chi connectivity index (χ0) is 15.1. The van der Waals surface area contributed by atoms with Gasteiger partial charge in [0.25, 0.3) is 0 Å². The zero-order valence-electron chi connectivity index (χ0n) is 12.6. The van der Waals surface area contributed by atoms with Gasteiger partial charge in [-0.25, -0.2) is 0 Å². The fourth-order valence-electron chi connectivity index (χ4n) is 2.18. The monoisotopic (exact) mass is 305 g/mol. The van der Waals surface area contributed by atoms with Gasteiger partial charge in [0, 0.05) is 13.2 Å². The summed E-state index contributed by atoms with van der Waals surface area (Å²) in [4.78, 5) is 0. The van der Waals surface area contributed by atoms with Crippen molar-refractivity contribution in [3.8, 4) is 0 Å². The molecule has 2 rings (SSSR count). The summed E-state index contributed by atoms with van der Waals surface area (Å²) in [6.07, 6.45) is 4.28. The Bertz CT molecular complexity index is 479. The van der Waals surface area contributed by atoms with E-state index >= 15 is 0 Å². The smallest absolute Gasteiger partial charge is 0.187 e. The summed E-state index contributed by atoms with van der Waals surface area (Å²) in [5.41, 5.74) is 5.20. The fraction of sp³-hybridized carbons (Fsp3) is 0.500. The first-order valence-electron chi connectivity index (χ1n) is 7.43. The molecule has 0 saturated carbocycles. The molecule has 1 aliphatic rings. The van der Waals surface area contributed by atoms with Gasteiger partial charge in [-0.05, 0) is 42.1 Å². The predicted octanol–water partition coefficient (Wildman–Crippen LogP) is 2.79. The van der Waals surface area contributed by atoms with Crippen LogP contribution in [0.2, 0.25) is 0 Å². The highest BCUT2D eigenvalue weighted by atomic mass is 32.1. The average molecular weight is 305 g/mol. The van der Waals surface area contributed by atoms with Crippen molar-refractivity contribution in [2.24, 2.45) is 5.10 Å². The molecule has 21 heavy (non-hydrogen) atoms. The van der Waals surface area contributed by atoms with Crippen LogP contribution in [0.25, 0.3) is 0 Å². The number of hydrogen-bond acceptors (Lipinski definition) is 3. The maximum Gasteiger partial charge on any atom is 0.187 e. The lowest BCUT2D eigenvalue weighted by Crippen LogP contribution is -2.37. The SMILES string of the molecule is CC(C)c1ccc(/C=N\NC(=S)NC[C@@H]2CCCO2)cc1. The molecule has 0 spiro atoms. The van der Waals surface area contributed by atoms with E-state index in [-0.39, 0.29) is 6.10 Å². The third-order valence-corrected chi connectivity index (χ3v) is 3.73. The molecule has 1 atom stereocenters. The Balaban J connectivity index is 1.72. The Hall–Kier alpha value is -1.46. The number of rotatable bonds is 5. The van der Waals surface area contributed by atoms with E-state index in [9.17, 15) is 0 Å². The summed E-state index contributed by atoms with van der Waals surface area (Å²) in [5.74, 6) is 0.545. The summed E-state index contributed by atoms with van der Waals surface area (Å²) >= 11 is 5.17. The minimum atomic E-state index is 0.275. The van der Waals surface area contributed by atoms with E-state index < -0.39 is 0 Å². The van der Waals surface area contributed by atoms with Crippen LogP contribution in [0.4, 0.5) is 0 Å². The first-order valence-corrected chi connectivity index (χ1v) is 7.84. The van der Waals surface area contributed by atoms with Gasteiger partial charge in [-0.1, -0.05) is 38.1 Å². The Labute approximate surface area is 132 Å². The lowest BCUT2D eigenvalue weighted by atomic mass is 10.0. The highest BCUT2D eigenvalue weighted by molar-refractivity contribution is 7.80. The van der Waals surface area contributed by atoms with Gasteiger partial charge in [0.15, 0.2) is 5.11 Å². The third kappa shape index (κ3) is 5.44. The van der Waals surface area contributed by atoms with Crippen molar-refractivity contribution in [2.75, 3.05) is 13.2 Å². The van der Waals surface area contributed by atoms with Gasteiger partial charge in [-0.15, -0.1) is 0 Å². The van der Waals surface area contributed by atoms with E-state index in [1.54, 1.807) is 6.21 Å². The van der Waals surface area contributed by atoms with Crippen LogP contribution in [0.15, 0.2) is 29.4 Å². The minimum Gasteiger partial charge on any atom is -0.376 e. The number of thiocarbonyl (C=S) groups is 1. The molecule has 0 unspecified atom stereocenters. The Morgan fingerprint density at radius 3 is 2.81 bits per heavy atom. The molecular weight excluding hydrogens is 282 g/mol. The van der Waals surface area contributed by atoms with E-state index in [0.717, 1.165) is 31.6 Å². The molecule has 0 radical (unpaired) electrons. The molecule has 1 aromatic rings. The molecule has 1 fully saturated rings. The zero-order valence-corrected chi connectivity index (χ0v) is 13.5. The standard InChI is InChI=1S/C16H23N3OS/c1-12(2)14-7-5-13(6-8-14)10-18-19-16(21)17-11-15-4-3-9-20-15/h5-8,10,12,15H,3-4,9,11H2,1-2H3,(H2,17,19,21)/b18-10-/t15-/m0/s1. The number of hydrazone groups is 1. The van der Waals surface area contributed by atoms with Gasteiger partial charge < -0.3 is 10.1 Å². The maximum absolute atomic E-state index is 5.52. The predicted molar refractivity (Wildman–Crippen MR) is 90.8 cm³/mol. The third-order valence-electron chi connectivity index (χ3n) is 3.50. The number of ether oxygens (including phenoxy) is 1. The molecular formula is C16H23N3OS. The molecule has 1 aromatic carbocycles. The van der Waals surface area contributed by atoms with Crippen molar-refractivity contribution in [3.05, 3.63) is 35.4 Å². The second kappa shape index (κ2) is 8.10. The Kier molecular flexibility index (Phi) is 6.14. The van der Waals surface area contributed by atoms with Crippen LogP contribution in [-0.4, -0.2) is 30.6 Å². The van der Waals surface area contributed by atoms with Gasteiger partial charge in [-0.2, -0.15) is 5.10 Å². The first-order chi connectivity index (χ1) is 10.1. The summed E-state index contributed by atoms with van der Waals surface area (Å²) in [6, 6.07) is 8.37. The fourth-order valence-corrected chi connectivity index (χ4v) is 2.32. The van der Waals surface area contributed by atoms with Gasteiger partial charge in [0.05, 0.1) is 12.3 Å². The average Bonchev–Trinajstić information content (AvgIpc) is 2.99. The first kappa shape index (κ1) is 15.9. The number of benzene rings is 1. The molecule has 1 aliphatic heterocycles. The molecule has 0 aliphatic carbocycles. The highest BCUT2D eigenvalue weighted by Gasteiger charge is 2.14. The van der Waals surface area contributed by atoms with E-state index in [4.69, 9.17) is 17.0 Å². The van der Waals surface area contributed by atoms with Crippen molar-refractivity contribution >= 4 is 23.5 Å². The van der Waals surface area contributed by atoms with Crippen molar-refractivity contribution in [3.63, 3.8) is 0 Å². The van der Waals surface area contributed by atoms with Gasteiger partial charge in [-0.3, -0.25) is 5.43 Å². The summed E-state index contributed by atoms with van der Waals surface area (Å²) in [6.45, 7) is 5.97. The Morgan fingerprint density at radius 1 is 1.43 bits per heavy atom. The van der Waals surface area contributed by atoms with Gasteiger partial charge >= 0.3 is 0 Å². The summed E-state index contributed by atoms with van der Waals surface area (Å²) in [7, 11) is 0. The molecule has 114 valence electrons. The normalized spacial score (nSPS) is 18.3. The van der Waals surface area contributed by atoms with Crippen LogP contribution in [0, 0.1) is 0 Å². The largest absolute Gasteiger partial charge is 0.376 e. The molecule has 0 bridgehead atoms. The number of hydrogen-bond donors (Lipinski definition) is 2.